The molecule has 4 aromatic rings. The van der Waals surface area contributed by atoms with Gasteiger partial charge in [-0.1, -0.05) is 30.3 Å². The first-order valence-corrected chi connectivity index (χ1v) is 9.48. The summed E-state index contributed by atoms with van der Waals surface area (Å²) in [6, 6.07) is 16.7. The molecule has 28 heavy (non-hydrogen) atoms. The zero-order valence-corrected chi connectivity index (χ0v) is 15.8. The topological polar surface area (TPSA) is 79.0 Å². The molecule has 0 aliphatic carbocycles. The summed E-state index contributed by atoms with van der Waals surface area (Å²) in [5, 5.41) is 2.40. The lowest BCUT2D eigenvalue weighted by atomic mass is 10.3. The van der Waals surface area contributed by atoms with E-state index < -0.39 is 0 Å². The van der Waals surface area contributed by atoms with E-state index in [0.717, 1.165) is 5.69 Å². The van der Waals surface area contributed by atoms with Crippen molar-refractivity contribution in [2.45, 2.75) is 6.92 Å². The second-order valence-corrected chi connectivity index (χ2v) is 6.88. The van der Waals surface area contributed by atoms with Crippen molar-refractivity contribution in [2.24, 2.45) is 0 Å². The van der Waals surface area contributed by atoms with E-state index in [4.69, 9.17) is 0 Å². The molecule has 1 amide bonds. The van der Waals surface area contributed by atoms with Gasteiger partial charge in [-0.2, -0.15) is 0 Å². The summed E-state index contributed by atoms with van der Waals surface area (Å²) in [5.41, 5.74) is 2.86. The first-order chi connectivity index (χ1) is 13.6. The molecule has 1 N–H and O–H groups in total. The number of aromatic amines is 1. The molecule has 0 radical (unpaired) electrons. The summed E-state index contributed by atoms with van der Waals surface area (Å²) in [6.45, 7) is 1.50. The van der Waals surface area contributed by atoms with E-state index in [1.165, 1.54) is 18.3 Å². The third-order valence-electron chi connectivity index (χ3n) is 4.07. The fraction of sp³-hybridized carbons (Fsp3) is 0.0476. The molecule has 0 saturated carbocycles. The van der Waals surface area contributed by atoms with Crippen molar-refractivity contribution < 1.29 is 4.79 Å². The Morgan fingerprint density at radius 3 is 2.57 bits per heavy atom. The van der Waals surface area contributed by atoms with Crippen LogP contribution in [0.2, 0.25) is 0 Å². The van der Waals surface area contributed by atoms with Crippen molar-refractivity contribution in [1.82, 2.24) is 15.0 Å². The third kappa shape index (κ3) is 3.60. The van der Waals surface area contributed by atoms with Crippen LogP contribution in [0.4, 0.5) is 10.8 Å². The lowest BCUT2D eigenvalue weighted by molar-refractivity contribution is -0.115. The highest BCUT2D eigenvalue weighted by atomic mass is 32.1. The Kier molecular flexibility index (Phi) is 4.82. The van der Waals surface area contributed by atoms with Crippen LogP contribution in [0, 0.1) is 0 Å². The Morgan fingerprint density at radius 1 is 1.04 bits per heavy atom. The predicted octanol–water partition coefficient (Wildman–Crippen LogP) is 4.23. The fourth-order valence-corrected chi connectivity index (χ4v) is 3.64. The van der Waals surface area contributed by atoms with Gasteiger partial charge in [-0.05, 0) is 36.4 Å². The van der Waals surface area contributed by atoms with Gasteiger partial charge in [0.2, 0.25) is 5.91 Å². The number of anilines is 2. The van der Waals surface area contributed by atoms with Crippen LogP contribution in [0.3, 0.4) is 0 Å². The molecule has 0 saturated heterocycles. The quantitative estimate of drug-likeness (QED) is 0.567. The van der Waals surface area contributed by atoms with E-state index >= 15 is 0 Å². The fourth-order valence-electron chi connectivity index (χ4n) is 2.78. The number of carbonyl (C=O) groups is 1. The van der Waals surface area contributed by atoms with Crippen LogP contribution >= 0.6 is 11.3 Å². The molecule has 0 unspecified atom stereocenters. The SMILES string of the molecule is CC(=O)N(c1ccccc1)c1nc(/C=C/c2nc3ccccc3[nH]c2=O)cs1. The smallest absolute Gasteiger partial charge is 0.274 e. The van der Waals surface area contributed by atoms with Crippen LogP contribution < -0.4 is 10.5 Å². The number of fused-ring (bicyclic) bond motifs is 1. The minimum atomic E-state index is -0.264. The van der Waals surface area contributed by atoms with Crippen molar-refractivity contribution in [3.05, 3.63) is 81.7 Å². The molecule has 0 atom stereocenters. The second-order valence-electron chi connectivity index (χ2n) is 6.05. The lowest BCUT2D eigenvalue weighted by Crippen LogP contribution is -2.22. The molecule has 2 heterocycles. The van der Waals surface area contributed by atoms with Gasteiger partial charge in [-0.15, -0.1) is 11.3 Å². The zero-order chi connectivity index (χ0) is 19.5. The number of thiazole rings is 1. The molecule has 0 bridgehead atoms. The highest BCUT2D eigenvalue weighted by molar-refractivity contribution is 7.14. The summed E-state index contributed by atoms with van der Waals surface area (Å²) < 4.78 is 0. The molecule has 6 nitrogen and oxygen atoms in total. The second kappa shape index (κ2) is 7.58. The average Bonchev–Trinajstić information content (AvgIpc) is 3.15. The Labute approximate surface area is 164 Å². The van der Waals surface area contributed by atoms with Crippen molar-refractivity contribution in [3.8, 4) is 0 Å². The molecule has 2 aromatic heterocycles. The number of amides is 1. The number of nitrogens with one attached hydrogen (secondary N) is 1. The maximum atomic E-state index is 12.2. The Bertz CT molecular complexity index is 1230. The van der Waals surface area contributed by atoms with Crippen LogP contribution in [0.25, 0.3) is 23.2 Å². The average molecular weight is 388 g/mol. The Hall–Kier alpha value is -3.58. The number of aromatic nitrogens is 3. The van der Waals surface area contributed by atoms with E-state index in [1.807, 2.05) is 60.0 Å². The summed E-state index contributed by atoms with van der Waals surface area (Å²) in [6.07, 6.45) is 3.35. The van der Waals surface area contributed by atoms with E-state index in [9.17, 15) is 9.59 Å². The number of nitrogens with zero attached hydrogens (tertiary/aromatic N) is 3. The van der Waals surface area contributed by atoms with Gasteiger partial charge in [0.1, 0.15) is 5.69 Å². The highest BCUT2D eigenvalue weighted by Crippen LogP contribution is 2.29. The molecule has 2 aromatic carbocycles. The maximum Gasteiger partial charge on any atom is 0.274 e. The Morgan fingerprint density at radius 2 is 1.79 bits per heavy atom. The molecule has 138 valence electrons. The largest absolute Gasteiger partial charge is 0.319 e. The van der Waals surface area contributed by atoms with Gasteiger partial charge in [0.05, 0.1) is 22.4 Å². The van der Waals surface area contributed by atoms with Gasteiger partial charge in [0, 0.05) is 12.3 Å². The van der Waals surface area contributed by atoms with Crippen molar-refractivity contribution >= 4 is 51.2 Å². The van der Waals surface area contributed by atoms with Gasteiger partial charge in [-0.3, -0.25) is 14.5 Å². The number of para-hydroxylation sites is 3. The predicted molar refractivity (Wildman–Crippen MR) is 113 cm³/mol. The van der Waals surface area contributed by atoms with Crippen LogP contribution in [0.15, 0.2) is 64.8 Å². The molecule has 0 fully saturated rings. The first-order valence-electron chi connectivity index (χ1n) is 8.60. The number of carbonyl (C=O) groups excluding carboxylic acids is 1. The van der Waals surface area contributed by atoms with Gasteiger partial charge < -0.3 is 4.98 Å². The van der Waals surface area contributed by atoms with Crippen LogP contribution in [-0.2, 0) is 4.79 Å². The van der Waals surface area contributed by atoms with Gasteiger partial charge in [0.25, 0.3) is 5.56 Å². The molecule has 0 aliphatic heterocycles. The van der Waals surface area contributed by atoms with Crippen molar-refractivity contribution in [3.63, 3.8) is 0 Å². The normalized spacial score (nSPS) is 11.2. The summed E-state index contributed by atoms with van der Waals surface area (Å²) in [5.74, 6) is -0.122. The van der Waals surface area contributed by atoms with Gasteiger partial charge >= 0.3 is 0 Å². The molecular weight excluding hydrogens is 372 g/mol. The molecule has 4 rings (SSSR count). The zero-order valence-electron chi connectivity index (χ0n) is 15.0. The third-order valence-corrected chi connectivity index (χ3v) is 4.91. The minimum Gasteiger partial charge on any atom is -0.319 e. The van der Waals surface area contributed by atoms with Gasteiger partial charge in [-0.25, -0.2) is 9.97 Å². The number of hydrogen-bond acceptors (Lipinski definition) is 5. The molecule has 7 heteroatoms. The van der Waals surface area contributed by atoms with Gasteiger partial charge in [0.15, 0.2) is 5.13 Å². The summed E-state index contributed by atoms with van der Waals surface area (Å²) >= 11 is 1.36. The number of rotatable bonds is 4. The van der Waals surface area contributed by atoms with E-state index in [2.05, 4.69) is 15.0 Å². The van der Waals surface area contributed by atoms with E-state index in [1.54, 1.807) is 17.1 Å². The number of H-pyrrole nitrogens is 1. The van der Waals surface area contributed by atoms with Crippen LogP contribution in [0.1, 0.15) is 18.3 Å². The van der Waals surface area contributed by atoms with Crippen molar-refractivity contribution in [1.29, 1.82) is 0 Å². The highest BCUT2D eigenvalue weighted by Gasteiger charge is 2.17. The molecular formula is C21H16N4O2S. The molecule has 0 spiro atoms. The number of benzene rings is 2. The van der Waals surface area contributed by atoms with Crippen LogP contribution in [0.5, 0.6) is 0 Å². The standard InChI is InChI=1S/C21H16N4O2S/c1-14(26)25(16-7-3-2-4-8-16)21-22-15(13-28-21)11-12-19-20(27)24-18-10-6-5-9-17(18)23-19/h2-13H,1H3,(H,24,27)/b12-11+. The van der Waals surface area contributed by atoms with E-state index in [-0.39, 0.29) is 11.5 Å². The minimum absolute atomic E-state index is 0.122. The number of hydrogen-bond donors (Lipinski definition) is 1. The monoisotopic (exact) mass is 388 g/mol. The maximum absolute atomic E-state index is 12.2. The summed E-state index contributed by atoms with van der Waals surface area (Å²) in [7, 11) is 0. The van der Waals surface area contributed by atoms with E-state index in [0.29, 0.717) is 27.6 Å². The first kappa shape index (κ1) is 17.8. The Balaban J connectivity index is 1.64. The lowest BCUT2D eigenvalue weighted by Gasteiger charge is -2.17. The molecule has 0 aliphatic rings. The summed E-state index contributed by atoms with van der Waals surface area (Å²) in [4.78, 5) is 37.6. The van der Waals surface area contributed by atoms with Crippen LogP contribution in [-0.4, -0.2) is 20.9 Å². The van der Waals surface area contributed by atoms with Crippen molar-refractivity contribution in [2.75, 3.05) is 4.90 Å².